The molecule has 2 N–H and O–H groups in total. The lowest BCUT2D eigenvalue weighted by Crippen LogP contribution is -2.25. The van der Waals surface area contributed by atoms with Gasteiger partial charge in [0, 0.05) is 29.6 Å². The van der Waals surface area contributed by atoms with Gasteiger partial charge < -0.3 is 10.2 Å². The summed E-state index contributed by atoms with van der Waals surface area (Å²) < 4.78 is 5.56. The predicted molar refractivity (Wildman–Crippen MR) is 73.2 cm³/mol. The van der Waals surface area contributed by atoms with Crippen LogP contribution in [0.25, 0.3) is 0 Å². The fourth-order valence-corrected chi connectivity index (χ4v) is 2.96. The summed E-state index contributed by atoms with van der Waals surface area (Å²) in [6.07, 6.45) is 4.36. The van der Waals surface area contributed by atoms with Crippen molar-refractivity contribution in [1.82, 2.24) is 4.90 Å². The van der Waals surface area contributed by atoms with Gasteiger partial charge in [-0.05, 0) is 30.4 Å². The second-order valence-corrected chi connectivity index (χ2v) is 5.82. The number of hydrogen-bond donors (Lipinski definition) is 1. The molecule has 1 aliphatic carbocycles. The van der Waals surface area contributed by atoms with E-state index in [1.807, 2.05) is 17.4 Å². The van der Waals surface area contributed by atoms with Crippen LogP contribution in [0.1, 0.15) is 29.0 Å². The molecule has 2 heterocycles. The number of furan rings is 1. The van der Waals surface area contributed by atoms with Crippen molar-refractivity contribution < 1.29 is 4.42 Å². The Morgan fingerprint density at radius 2 is 2.22 bits per heavy atom. The Hall–Kier alpha value is -1.10. The van der Waals surface area contributed by atoms with E-state index in [-0.39, 0.29) is 0 Å². The highest BCUT2D eigenvalue weighted by Gasteiger charge is 2.30. The smallest absolute Gasteiger partial charge is 0.122 e. The summed E-state index contributed by atoms with van der Waals surface area (Å²) in [7, 11) is 0. The normalized spacial score (nSPS) is 15.4. The van der Waals surface area contributed by atoms with Crippen LogP contribution in [0.2, 0.25) is 0 Å². The summed E-state index contributed by atoms with van der Waals surface area (Å²) in [5.74, 6) is 1.03. The van der Waals surface area contributed by atoms with E-state index in [2.05, 4.69) is 22.4 Å². The van der Waals surface area contributed by atoms with E-state index in [4.69, 9.17) is 10.2 Å². The largest absolute Gasteiger partial charge is 0.468 e. The molecule has 1 saturated carbocycles. The Kier molecular flexibility index (Phi) is 3.50. The minimum absolute atomic E-state index is 0.559. The molecule has 1 aliphatic rings. The first-order valence-electron chi connectivity index (χ1n) is 6.38. The lowest BCUT2D eigenvalue weighted by Gasteiger charge is -2.20. The number of nitrogens with two attached hydrogens (primary N) is 1. The summed E-state index contributed by atoms with van der Waals surface area (Å²) in [5, 5.41) is 2.14. The number of nitrogens with zero attached hydrogens (tertiary/aromatic N) is 1. The van der Waals surface area contributed by atoms with E-state index < -0.39 is 0 Å². The van der Waals surface area contributed by atoms with Gasteiger partial charge in [0.25, 0.3) is 0 Å². The van der Waals surface area contributed by atoms with Gasteiger partial charge in [0.1, 0.15) is 5.76 Å². The molecule has 96 valence electrons. The Bertz CT molecular complexity index is 488. The van der Waals surface area contributed by atoms with E-state index in [0.29, 0.717) is 6.54 Å². The van der Waals surface area contributed by atoms with Crippen molar-refractivity contribution in [3.63, 3.8) is 0 Å². The Labute approximate surface area is 111 Å². The minimum atomic E-state index is 0.559. The van der Waals surface area contributed by atoms with Gasteiger partial charge in [-0.3, -0.25) is 4.90 Å². The van der Waals surface area contributed by atoms with Crippen LogP contribution < -0.4 is 5.73 Å². The Morgan fingerprint density at radius 3 is 2.89 bits per heavy atom. The SMILES string of the molecule is NCc1ccoc1CN(Cc1cccs1)C1CC1. The van der Waals surface area contributed by atoms with Crippen LogP contribution in [-0.4, -0.2) is 10.9 Å². The van der Waals surface area contributed by atoms with Crippen LogP contribution in [0.3, 0.4) is 0 Å². The number of thiophene rings is 1. The summed E-state index contributed by atoms with van der Waals surface area (Å²) in [4.78, 5) is 3.92. The van der Waals surface area contributed by atoms with Gasteiger partial charge in [-0.15, -0.1) is 11.3 Å². The molecule has 0 amide bonds. The zero-order valence-electron chi connectivity index (χ0n) is 10.3. The zero-order valence-corrected chi connectivity index (χ0v) is 11.2. The van der Waals surface area contributed by atoms with Crippen molar-refractivity contribution in [3.05, 3.63) is 46.0 Å². The minimum Gasteiger partial charge on any atom is -0.468 e. The summed E-state index contributed by atoms with van der Waals surface area (Å²) >= 11 is 1.82. The molecule has 18 heavy (non-hydrogen) atoms. The van der Waals surface area contributed by atoms with E-state index in [9.17, 15) is 0 Å². The monoisotopic (exact) mass is 262 g/mol. The molecule has 3 nitrogen and oxygen atoms in total. The maximum Gasteiger partial charge on any atom is 0.122 e. The topological polar surface area (TPSA) is 42.4 Å². The first kappa shape index (κ1) is 12.0. The zero-order chi connectivity index (χ0) is 12.4. The molecule has 0 spiro atoms. The van der Waals surface area contributed by atoms with Crippen LogP contribution in [-0.2, 0) is 19.6 Å². The lowest BCUT2D eigenvalue weighted by atomic mass is 10.2. The first-order chi connectivity index (χ1) is 8.86. The summed E-state index contributed by atoms with van der Waals surface area (Å²) in [6, 6.07) is 7.02. The third kappa shape index (κ3) is 2.66. The molecule has 0 aliphatic heterocycles. The van der Waals surface area contributed by atoms with Crippen LogP contribution in [0, 0.1) is 0 Å². The predicted octanol–water partition coefficient (Wildman–Crippen LogP) is 2.96. The highest BCUT2D eigenvalue weighted by atomic mass is 32.1. The van der Waals surface area contributed by atoms with Crippen molar-refractivity contribution in [2.24, 2.45) is 5.73 Å². The van der Waals surface area contributed by atoms with Crippen molar-refractivity contribution in [3.8, 4) is 0 Å². The molecular formula is C14H18N2OS. The maximum absolute atomic E-state index is 5.72. The molecule has 0 bridgehead atoms. The average Bonchev–Trinajstić information content (AvgIpc) is 2.92. The first-order valence-corrected chi connectivity index (χ1v) is 7.26. The molecule has 1 fully saturated rings. The molecule has 0 aromatic carbocycles. The van der Waals surface area contributed by atoms with E-state index in [1.165, 1.54) is 17.7 Å². The van der Waals surface area contributed by atoms with Crippen molar-refractivity contribution in [2.45, 2.75) is 38.5 Å². The van der Waals surface area contributed by atoms with E-state index in [0.717, 1.165) is 30.5 Å². The highest BCUT2D eigenvalue weighted by Crippen LogP contribution is 2.31. The molecule has 2 aromatic rings. The summed E-state index contributed by atoms with van der Waals surface area (Å²) in [6.45, 7) is 2.46. The third-order valence-electron chi connectivity index (χ3n) is 3.41. The van der Waals surface area contributed by atoms with Crippen LogP contribution in [0.5, 0.6) is 0 Å². The lowest BCUT2D eigenvalue weighted by molar-refractivity contribution is 0.226. The molecule has 3 rings (SSSR count). The summed E-state index contributed by atoms with van der Waals surface area (Å²) in [5.41, 5.74) is 6.85. The second kappa shape index (κ2) is 5.26. The van der Waals surface area contributed by atoms with E-state index >= 15 is 0 Å². The van der Waals surface area contributed by atoms with Gasteiger partial charge >= 0.3 is 0 Å². The molecular weight excluding hydrogens is 244 g/mol. The number of rotatable bonds is 6. The third-order valence-corrected chi connectivity index (χ3v) is 4.27. The van der Waals surface area contributed by atoms with Gasteiger partial charge in [-0.1, -0.05) is 6.07 Å². The Balaban J connectivity index is 1.70. The highest BCUT2D eigenvalue weighted by molar-refractivity contribution is 7.09. The number of hydrogen-bond acceptors (Lipinski definition) is 4. The van der Waals surface area contributed by atoms with Gasteiger partial charge in [0.2, 0.25) is 0 Å². The molecule has 0 radical (unpaired) electrons. The quantitative estimate of drug-likeness (QED) is 0.870. The molecule has 0 atom stereocenters. The van der Waals surface area contributed by atoms with Crippen molar-refractivity contribution in [1.29, 1.82) is 0 Å². The Morgan fingerprint density at radius 1 is 1.33 bits per heavy atom. The fraction of sp³-hybridized carbons (Fsp3) is 0.429. The molecule has 2 aromatic heterocycles. The molecule has 4 heteroatoms. The fourth-order valence-electron chi connectivity index (χ4n) is 2.23. The van der Waals surface area contributed by atoms with Crippen molar-refractivity contribution >= 4 is 11.3 Å². The van der Waals surface area contributed by atoms with Crippen LogP contribution in [0.15, 0.2) is 34.3 Å². The van der Waals surface area contributed by atoms with Gasteiger partial charge in [-0.2, -0.15) is 0 Å². The van der Waals surface area contributed by atoms with Gasteiger partial charge in [-0.25, -0.2) is 0 Å². The van der Waals surface area contributed by atoms with Crippen molar-refractivity contribution in [2.75, 3.05) is 0 Å². The van der Waals surface area contributed by atoms with Gasteiger partial charge in [0.05, 0.1) is 12.8 Å². The van der Waals surface area contributed by atoms with Crippen LogP contribution >= 0.6 is 11.3 Å². The van der Waals surface area contributed by atoms with E-state index in [1.54, 1.807) is 6.26 Å². The van der Waals surface area contributed by atoms with Gasteiger partial charge in [0.15, 0.2) is 0 Å². The average molecular weight is 262 g/mol. The van der Waals surface area contributed by atoms with Crippen LogP contribution in [0.4, 0.5) is 0 Å². The maximum atomic E-state index is 5.72. The second-order valence-electron chi connectivity index (χ2n) is 4.79. The standard InChI is InChI=1S/C14H18N2OS/c15-8-11-5-6-17-14(11)10-16(12-3-4-12)9-13-2-1-7-18-13/h1-2,5-7,12H,3-4,8-10,15H2. The molecule has 0 saturated heterocycles. The molecule has 0 unspecified atom stereocenters.